The molecule has 2 aliphatic heterocycles. The van der Waals surface area contributed by atoms with E-state index in [-0.39, 0.29) is 0 Å². The molecule has 0 aromatic heterocycles. The third-order valence-corrected chi connectivity index (χ3v) is 3.20. The fourth-order valence-corrected chi connectivity index (χ4v) is 2.89. The molecular weight excluding hydrogens is 118 g/mol. The van der Waals surface area contributed by atoms with E-state index in [1.165, 1.54) is 31.0 Å². The Labute approximate surface area is 54.4 Å². The lowest BCUT2D eigenvalue weighted by Crippen LogP contribution is -2.22. The van der Waals surface area contributed by atoms with Gasteiger partial charge < -0.3 is 0 Å². The molecule has 0 bridgehead atoms. The summed E-state index contributed by atoms with van der Waals surface area (Å²) in [6, 6.07) is 0.972. The van der Waals surface area contributed by atoms with Gasteiger partial charge in [0.2, 0.25) is 0 Å². The Morgan fingerprint density at radius 1 is 1.50 bits per heavy atom. The van der Waals surface area contributed by atoms with Crippen molar-refractivity contribution in [2.45, 2.75) is 18.9 Å². The summed E-state index contributed by atoms with van der Waals surface area (Å²) in [5.74, 6) is 2.71. The summed E-state index contributed by atoms with van der Waals surface area (Å²) >= 11 is 2.09. The van der Waals surface area contributed by atoms with Gasteiger partial charge in [-0.3, -0.25) is 4.90 Å². The van der Waals surface area contributed by atoms with Crippen molar-refractivity contribution in [2.75, 3.05) is 18.2 Å². The molecule has 2 heterocycles. The number of thioether (sulfide) groups is 1. The SMILES string of the molecule is C1CC2CSCN2C1. The molecule has 2 aliphatic rings. The Morgan fingerprint density at radius 3 is 3.38 bits per heavy atom. The Kier molecular flexibility index (Phi) is 1.23. The van der Waals surface area contributed by atoms with E-state index in [2.05, 4.69) is 16.7 Å². The van der Waals surface area contributed by atoms with Gasteiger partial charge in [0.1, 0.15) is 0 Å². The monoisotopic (exact) mass is 129 g/mol. The maximum absolute atomic E-state index is 2.60. The maximum Gasteiger partial charge on any atom is 0.0448 e. The number of hydrogen-bond acceptors (Lipinski definition) is 2. The predicted octanol–water partition coefficient (Wildman–Crippen LogP) is 1.16. The van der Waals surface area contributed by atoms with Crippen molar-refractivity contribution in [3.63, 3.8) is 0 Å². The lowest BCUT2D eigenvalue weighted by Gasteiger charge is -2.10. The van der Waals surface area contributed by atoms with Crippen molar-refractivity contribution in [2.24, 2.45) is 0 Å². The first-order chi connectivity index (χ1) is 3.97. The number of hydrogen-bond donors (Lipinski definition) is 0. The molecule has 0 N–H and O–H groups in total. The van der Waals surface area contributed by atoms with Crippen LogP contribution in [0.25, 0.3) is 0 Å². The fourth-order valence-electron chi connectivity index (χ4n) is 1.56. The third-order valence-electron chi connectivity index (χ3n) is 2.07. The smallest absolute Gasteiger partial charge is 0.0448 e. The molecule has 0 aromatic carbocycles. The quantitative estimate of drug-likeness (QED) is 0.483. The van der Waals surface area contributed by atoms with Crippen LogP contribution in [0.5, 0.6) is 0 Å². The summed E-state index contributed by atoms with van der Waals surface area (Å²) in [5.41, 5.74) is 0. The van der Waals surface area contributed by atoms with E-state index in [9.17, 15) is 0 Å². The van der Waals surface area contributed by atoms with Crippen molar-refractivity contribution in [3.05, 3.63) is 0 Å². The molecule has 0 aromatic rings. The van der Waals surface area contributed by atoms with Gasteiger partial charge in [-0.25, -0.2) is 0 Å². The minimum atomic E-state index is 0.972. The summed E-state index contributed by atoms with van der Waals surface area (Å²) in [6.07, 6.45) is 2.91. The highest BCUT2D eigenvalue weighted by atomic mass is 32.2. The van der Waals surface area contributed by atoms with Crippen molar-refractivity contribution in [1.82, 2.24) is 4.90 Å². The molecule has 1 nitrogen and oxygen atoms in total. The lowest BCUT2D eigenvalue weighted by atomic mass is 10.2. The van der Waals surface area contributed by atoms with Crippen LogP contribution in [0.15, 0.2) is 0 Å². The molecule has 2 heteroatoms. The molecule has 1 unspecified atom stereocenters. The van der Waals surface area contributed by atoms with E-state index in [0.717, 1.165) is 6.04 Å². The van der Waals surface area contributed by atoms with E-state index in [1.54, 1.807) is 0 Å². The Hall–Kier alpha value is 0.310. The molecule has 2 saturated heterocycles. The second-order valence-corrected chi connectivity index (χ2v) is 3.61. The highest BCUT2D eigenvalue weighted by Gasteiger charge is 2.28. The molecule has 46 valence electrons. The Balaban J connectivity index is 2.04. The fraction of sp³-hybridized carbons (Fsp3) is 1.00. The number of fused-ring (bicyclic) bond motifs is 1. The minimum absolute atomic E-state index is 0.972. The van der Waals surface area contributed by atoms with E-state index in [4.69, 9.17) is 0 Å². The van der Waals surface area contributed by atoms with Gasteiger partial charge in [0, 0.05) is 17.7 Å². The molecule has 8 heavy (non-hydrogen) atoms. The molecule has 0 spiro atoms. The molecule has 0 amide bonds. The van der Waals surface area contributed by atoms with Crippen molar-refractivity contribution in [1.29, 1.82) is 0 Å². The average Bonchev–Trinajstić information content (AvgIpc) is 2.15. The maximum atomic E-state index is 2.60. The van der Waals surface area contributed by atoms with E-state index in [1.807, 2.05) is 0 Å². The van der Waals surface area contributed by atoms with Gasteiger partial charge in [0.25, 0.3) is 0 Å². The summed E-state index contributed by atoms with van der Waals surface area (Å²) in [6.45, 7) is 1.37. The largest absolute Gasteiger partial charge is 0.290 e. The van der Waals surface area contributed by atoms with Crippen LogP contribution in [0.3, 0.4) is 0 Å². The van der Waals surface area contributed by atoms with E-state index >= 15 is 0 Å². The standard InChI is InChI=1S/C6H11NS/c1-2-6-4-8-5-7(6)3-1/h6H,1-5H2. The van der Waals surface area contributed by atoms with Gasteiger partial charge in [0.05, 0.1) is 0 Å². The van der Waals surface area contributed by atoms with Crippen LogP contribution in [-0.2, 0) is 0 Å². The van der Waals surface area contributed by atoms with E-state index in [0.29, 0.717) is 0 Å². The first kappa shape index (κ1) is 5.12. The van der Waals surface area contributed by atoms with Crippen molar-refractivity contribution >= 4 is 11.8 Å². The topological polar surface area (TPSA) is 3.24 Å². The van der Waals surface area contributed by atoms with Crippen molar-refractivity contribution < 1.29 is 0 Å². The second kappa shape index (κ2) is 1.92. The molecule has 0 saturated carbocycles. The summed E-state index contributed by atoms with van der Waals surface area (Å²) in [4.78, 5) is 2.60. The second-order valence-electron chi connectivity index (χ2n) is 2.61. The van der Waals surface area contributed by atoms with Gasteiger partial charge in [-0.2, -0.15) is 0 Å². The van der Waals surface area contributed by atoms with Crippen LogP contribution >= 0.6 is 11.8 Å². The highest BCUT2D eigenvalue weighted by Crippen LogP contribution is 2.28. The minimum Gasteiger partial charge on any atom is -0.290 e. The van der Waals surface area contributed by atoms with Crippen LogP contribution in [0.2, 0.25) is 0 Å². The third kappa shape index (κ3) is 0.669. The normalized spacial score (nSPS) is 38.2. The first-order valence-electron chi connectivity index (χ1n) is 3.28. The van der Waals surface area contributed by atoms with Gasteiger partial charge >= 0.3 is 0 Å². The van der Waals surface area contributed by atoms with Gasteiger partial charge in [-0.1, -0.05) is 0 Å². The average molecular weight is 129 g/mol. The zero-order valence-corrected chi connectivity index (χ0v) is 5.78. The van der Waals surface area contributed by atoms with Crippen LogP contribution in [0, 0.1) is 0 Å². The highest BCUT2D eigenvalue weighted by molar-refractivity contribution is 7.99. The predicted molar refractivity (Wildman–Crippen MR) is 37.1 cm³/mol. The van der Waals surface area contributed by atoms with Crippen LogP contribution in [0.1, 0.15) is 12.8 Å². The van der Waals surface area contributed by atoms with E-state index < -0.39 is 0 Å². The zero-order chi connectivity index (χ0) is 5.40. The van der Waals surface area contributed by atoms with Gasteiger partial charge in [-0.05, 0) is 19.4 Å². The van der Waals surface area contributed by atoms with Gasteiger partial charge in [-0.15, -0.1) is 11.8 Å². The Bertz CT molecular complexity index is 74.5. The molecule has 0 aliphatic carbocycles. The van der Waals surface area contributed by atoms with Crippen LogP contribution < -0.4 is 0 Å². The van der Waals surface area contributed by atoms with Crippen LogP contribution in [0.4, 0.5) is 0 Å². The Morgan fingerprint density at radius 2 is 2.50 bits per heavy atom. The summed E-state index contributed by atoms with van der Waals surface area (Å²) < 4.78 is 0. The zero-order valence-electron chi connectivity index (χ0n) is 4.97. The summed E-state index contributed by atoms with van der Waals surface area (Å²) in [5, 5.41) is 0. The molecular formula is C6H11NS. The molecule has 2 fully saturated rings. The molecule has 0 radical (unpaired) electrons. The molecule has 2 rings (SSSR count). The first-order valence-corrected chi connectivity index (χ1v) is 4.44. The van der Waals surface area contributed by atoms with Crippen molar-refractivity contribution in [3.8, 4) is 0 Å². The van der Waals surface area contributed by atoms with Crippen LogP contribution in [-0.4, -0.2) is 29.1 Å². The number of rotatable bonds is 0. The molecule has 1 atom stereocenters. The van der Waals surface area contributed by atoms with Gasteiger partial charge in [0.15, 0.2) is 0 Å². The summed E-state index contributed by atoms with van der Waals surface area (Å²) in [7, 11) is 0. The number of nitrogens with zero attached hydrogens (tertiary/aromatic N) is 1. The lowest BCUT2D eigenvalue weighted by molar-refractivity contribution is 0.339.